The fourth-order valence-electron chi connectivity index (χ4n) is 3.19. The summed E-state index contributed by atoms with van der Waals surface area (Å²) in [7, 11) is 0. The van der Waals surface area contributed by atoms with Gasteiger partial charge in [-0.15, -0.1) is 0 Å². The van der Waals surface area contributed by atoms with Crippen LogP contribution in [0.5, 0.6) is 0 Å². The summed E-state index contributed by atoms with van der Waals surface area (Å²) in [5, 5.41) is 18.3. The lowest BCUT2D eigenvalue weighted by molar-refractivity contribution is -0.147. The molecule has 0 fully saturated rings. The van der Waals surface area contributed by atoms with Gasteiger partial charge < -0.3 is 10.2 Å². The lowest BCUT2D eigenvalue weighted by atomic mass is 9.87. The predicted molar refractivity (Wildman–Crippen MR) is 112 cm³/mol. The van der Waals surface area contributed by atoms with Crippen LogP contribution >= 0.6 is 0 Å². The van der Waals surface area contributed by atoms with E-state index in [0.717, 1.165) is 70.6 Å². The summed E-state index contributed by atoms with van der Waals surface area (Å²) in [6.07, 6.45) is 14.0. The Balaban J connectivity index is 3.44. The lowest BCUT2D eigenvalue weighted by Gasteiger charge is -2.20. The molecule has 0 bridgehead atoms. The third-order valence-corrected chi connectivity index (χ3v) is 5.57. The zero-order valence-electron chi connectivity index (χ0n) is 18.3. The van der Waals surface area contributed by atoms with Gasteiger partial charge in [-0.2, -0.15) is 0 Å². The van der Waals surface area contributed by atoms with Crippen LogP contribution in [-0.4, -0.2) is 28.6 Å². The zero-order chi connectivity index (χ0) is 20.8. The molecular formula is C23H44O4. The summed E-state index contributed by atoms with van der Waals surface area (Å²) in [4.78, 5) is 22.9. The van der Waals surface area contributed by atoms with E-state index < -0.39 is 11.4 Å². The van der Waals surface area contributed by atoms with E-state index in [-0.39, 0.29) is 12.0 Å². The lowest BCUT2D eigenvalue weighted by Crippen LogP contribution is -2.23. The van der Waals surface area contributed by atoms with Crippen LogP contribution in [0.3, 0.4) is 0 Å². The molecule has 0 aliphatic heterocycles. The second-order valence-electron chi connectivity index (χ2n) is 9.59. The van der Waals surface area contributed by atoms with Gasteiger partial charge in [0.2, 0.25) is 0 Å². The van der Waals surface area contributed by atoms with Gasteiger partial charge in [-0.05, 0) is 44.9 Å². The summed E-state index contributed by atoms with van der Waals surface area (Å²) in [5.41, 5.74) is -0.576. The van der Waals surface area contributed by atoms with Gasteiger partial charge in [0.05, 0.1) is 5.41 Å². The molecule has 4 nitrogen and oxygen atoms in total. The summed E-state index contributed by atoms with van der Waals surface area (Å²) < 4.78 is 0. The van der Waals surface area contributed by atoms with Crippen molar-refractivity contribution in [2.45, 2.75) is 118 Å². The largest absolute Gasteiger partial charge is 0.481 e. The van der Waals surface area contributed by atoms with E-state index in [0.29, 0.717) is 12.2 Å². The number of Topliss-reactive ketones (excluding diaryl/α,β-unsaturated/α-hetero) is 1. The fourth-order valence-corrected chi connectivity index (χ4v) is 3.19. The van der Waals surface area contributed by atoms with Crippen molar-refractivity contribution in [3.63, 3.8) is 0 Å². The zero-order valence-corrected chi connectivity index (χ0v) is 18.3. The van der Waals surface area contributed by atoms with E-state index in [1.54, 1.807) is 13.8 Å². The molecule has 0 unspecified atom stereocenters. The van der Waals surface area contributed by atoms with Gasteiger partial charge in [-0.1, -0.05) is 65.2 Å². The highest BCUT2D eigenvalue weighted by Gasteiger charge is 2.25. The Morgan fingerprint density at radius 1 is 0.667 bits per heavy atom. The number of carbonyl (C=O) groups is 2. The number of hydrogen-bond donors (Lipinski definition) is 2. The Labute approximate surface area is 167 Å². The molecule has 0 saturated heterocycles. The molecule has 0 aromatic carbocycles. The fraction of sp³-hybridized carbons (Fsp3) is 0.913. The van der Waals surface area contributed by atoms with Gasteiger partial charge in [-0.3, -0.25) is 9.59 Å². The van der Waals surface area contributed by atoms with Gasteiger partial charge in [0.1, 0.15) is 5.78 Å². The number of aliphatic carboxylic acids is 1. The Morgan fingerprint density at radius 3 is 1.52 bits per heavy atom. The third kappa shape index (κ3) is 14.8. The standard InChI is InChI=1S/C23H44O4/c1-22(2,19-24)17-13-9-5-7-11-15-20(25)16-12-8-6-10-14-18-23(3,4)21(26)27/h24H,5-19H2,1-4H3,(H,26,27). The normalized spacial score (nSPS) is 12.3. The molecular weight excluding hydrogens is 340 g/mol. The van der Waals surface area contributed by atoms with Crippen LogP contribution in [0, 0.1) is 10.8 Å². The molecule has 0 amide bonds. The highest BCUT2D eigenvalue weighted by atomic mass is 16.4. The number of carbonyl (C=O) groups excluding carboxylic acids is 1. The number of carboxylic acid groups (broad SMARTS) is 1. The van der Waals surface area contributed by atoms with Crippen LogP contribution in [0.15, 0.2) is 0 Å². The number of ketones is 1. The van der Waals surface area contributed by atoms with Crippen LogP contribution in [0.25, 0.3) is 0 Å². The Hall–Kier alpha value is -0.900. The SMILES string of the molecule is CC(C)(CO)CCCCCCCC(=O)CCCCCCCC(C)(C)C(=O)O. The maximum Gasteiger partial charge on any atom is 0.309 e. The average molecular weight is 385 g/mol. The molecule has 27 heavy (non-hydrogen) atoms. The molecule has 0 aliphatic rings. The first-order chi connectivity index (χ1) is 12.6. The predicted octanol–water partition coefficient (Wildman–Crippen LogP) is 6.15. The van der Waals surface area contributed by atoms with Crippen molar-refractivity contribution in [2.75, 3.05) is 6.61 Å². The minimum absolute atomic E-state index is 0.0441. The van der Waals surface area contributed by atoms with Crippen molar-refractivity contribution in [3.8, 4) is 0 Å². The van der Waals surface area contributed by atoms with Gasteiger partial charge in [0.15, 0.2) is 0 Å². The van der Waals surface area contributed by atoms with Crippen LogP contribution < -0.4 is 0 Å². The van der Waals surface area contributed by atoms with Crippen molar-refractivity contribution in [1.82, 2.24) is 0 Å². The minimum atomic E-state index is -0.720. The highest BCUT2D eigenvalue weighted by Crippen LogP contribution is 2.24. The summed E-state index contributed by atoms with van der Waals surface area (Å²) in [6, 6.07) is 0. The molecule has 0 aromatic heterocycles. The van der Waals surface area contributed by atoms with Gasteiger partial charge in [-0.25, -0.2) is 0 Å². The van der Waals surface area contributed by atoms with E-state index in [4.69, 9.17) is 5.11 Å². The second-order valence-corrected chi connectivity index (χ2v) is 9.59. The first-order valence-corrected chi connectivity index (χ1v) is 11.0. The maximum atomic E-state index is 11.9. The Bertz CT molecular complexity index is 413. The molecule has 0 aromatic rings. The molecule has 4 heteroatoms. The van der Waals surface area contributed by atoms with Crippen molar-refractivity contribution in [1.29, 1.82) is 0 Å². The average Bonchev–Trinajstić information content (AvgIpc) is 2.59. The van der Waals surface area contributed by atoms with Crippen molar-refractivity contribution >= 4 is 11.8 Å². The number of aliphatic hydroxyl groups is 1. The molecule has 0 atom stereocenters. The third-order valence-electron chi connectivity index (χ3n) is 5.57. The number of carboxylic acids is 1. The summed E-state index contributed by atoms with van der Waals surface area (Å²) in [6.45, 7) is 8.01. The minimum Gasteiger partial charge on any atom is -0.481 e. The first kappa shape index (κ1) is 26.1. The number of aliphatic hydroxyl groups excluding tert-OH is 1. The molecule has 0 saturated carbocycles. The van der Waals surface area contributed by atoms with Crippen molar-refractivity contribution in [2.24, 2.45) is 10.8 Å². The van der Waals surface area contributed by atoms with E-state index in [1.165, 1.54) is 12.8 Å². The van der Waals surface area contributed by atoms with Gasteiger partial charge in [0, 0.05) is 19.4 Å². The number of rotatable bonds is 18. The Morgan fingerprint density at radius 2 is 1.07 bits per heavy atom. The van der Waals surface area contributed by atoms with Crippen LogP contribution in [0.4, 0.5) is 0 Å². The molecule has 0 radical (unpaired) electrons. The molecule has 0 heterocycles. The van der Waals surface area contributed by atoms with Crippen molar-refractivity contribution < 1.29 is 19.8 Å². The molecule has 0 spiro atoms. The van der Waals surface area contributed by atoms with E-state index in [2.05, 4.69) is 13.8 Å². The summed E-state index contributed by atoms with van der Waals surface area (Å²) in [5.74, 6) is -0.328. The monoisotopic (exact) mass is 384 g/mol. The van der Waals surface area contributed by atoms with E-state index >= 15 is 0 Å². The maximum absolute atomic E-state index is 11.9. The Kier molecular flexibility index (Phi) is 13.7. The number of hydrogen-bond acceptors (Lipinski definition) is 3. The van der Waals surface area contributed by atoms with Crippen molar-refractivity contribution in [3.05, 3.63) is 0 Å². The quantitative estimate of drug-likeness (QED) is 0.278. The molecule has 0 aliphatic carbocycles. The topological polar surface area (TPSA) is 74.6 Å². The van der Waals surface area contributed by atoms with E-state index in [9.17, 15) is 14.7 Å². The smallest absolute Gasteiger partial charge is 0.309 e. The summed E-state index contributed by atoms with van der Waals surface area (Å²) >= 11 is 0. The highest BCUT2D eigenvalue weighted by molar-refractivity contribution is 5.78. The number of unbranched alkanes of at least 4 members (excludes halogenated alkanes) is 8. The molecule has 0 rings (SSSR count). The van der Waals surface area contributed by atoms with Gasteiger partial charge >= 0.3 is 5.97 Å². The first-order valence-electron chi connectivity index (χ1n) is 11.0. The van der Waals surface area contributed by atoms with E-state index in [1.807, 2.05) is 0 Å². The van der Waals surface area contributed by atoms with Gasteiger partial charge in [0.25, 0.3) is 0 Å². The second kappa shape index (κ2) is 14.1. The van der Waals surface area contributed by atoms with Crippen LogP contribution in [-0.2, 0) is 9.59 Å². The van der Waals surface area contributed by atoms with Crippen LogP contribution in [0.1, 0.15) is 118 Å². The van der Waals surface area contributed by atoms with Crippen LogP contribution in [0.2, 0.25) is 0 Å². The molecule has 2 N–H and O–H groups in total. The molecule has 160 valence electrons.